The summed E-state index contributed by atoms with van der Waals surface area (Å²) in [5, 5.41) is 3.66. The first-order chi connectivity index (χ1) is 14.5. The smallest absolute Gasteiger partial charge is 0.311 e. The molecule has 2 aromatic carbocycles. The molecule has 1 aliphatic rings. The monoisotopic (exact) mass is 409 g/mol. The van der Waals surface area contributed by atoms with Gasteiger partial charge in [0, 0.05) is 18.6 Å². The summed E-state index contributed by atoms with van der Waals surface area (Å²) in [7, 11) is 1.47. The number of halogens is 1. The average molecular weight is 409 g/mol. The summed E-state index contributed by atoms with van der Waals surface area (Å²) < 4.78 is 34.2. The first kappa shape index (κ1) is 19.4. The van der Waals surface area contributed by atoms with E-state index in [1.54, 1.807) is 18.2 Å². The second-order valence-corrected chi connectivity index (χ2v) is 6.46. The van der Waals surface area contributed by atoms with Crippen molar-refractivity contribution >= 4 is 17.8 Å². The van der Waals surface area contributed by atoms with Crippen LogP contribution in [0.25, 0.3) is 6.08 Å². The van der Waals surface area contributed by atoms with Crippen molar-refractivity contribution < 1.29 is 32.7 Å². The van der Waals surface area contributed by atoms with Crippen LogP contribution >= 0.6 is 0 Å². The highest BCUT2D eigenvalue weighted by molar-refractivity contribution is 6.14. The molecular formula is C22H16FNO6. The first-order valence-corrected chi connectivity index (χ1v) is 9.06. The van der Waals surface area contributed by atoms with Gasteiger partial charge >= 0.3 is 5.97 Å². The standard InChI is InChI=1S/C22H16FNO6/c1-27-20-12-16(30-24-20)6-8-21(25)28-15-5-7-17-18(11-15)29-19(22(17)26)10-13-3-2-4-14(23)9-13/h2-5,7,9-12H,6,8H2,1H3/b19-10-. The Morgan fingerprint density at radius 3 is 2.83 bits per heavy atom. The summed E-state index contributed by atoms with van der Waals surface area (Å²) in [6.45, 7) is 0. The number of Topliss-reactive ketones (excluding diaryl/α,β-unsaturated/α-hetero) is 1. The molecule has 0 aliphatic carbocycles. The van der Waals surface area contributed by atoms with Crippen molar-refractivity contribution in [2.45, 2.75) is 12.8 Å². The first-order valence-electron chi connectivity index (χ1n) is 9.06. The summed E-state index contributed by atoms with van der Waals surface area (Å²) in [6.07, 6.45) is 1.83. The van der Waals surface area contributed by atoms with Gasteiger partial charge in [-0.25, -0.2) is 4.39 Å². The van der Waals surface area contributed by atoms with Crippen molar-refractivity contribution in [3.05, 3.63) is 77.0 Å². The van der Waals surface area contributed by atoms with Gasteiger partial charge in [0.05, 0.1) is 19.1 Å². The lowest BCUT2D eigenvalue weighted by Gasteiger charge is -2.05. The topological polar surface area (TPSA) is 87.9 Å². The van der Waals surface area contributed by atoms with Crippen molar-refractivity contribution in [2.75, 3.05) is 7.11 Å². The molecular weight excluding hydrogens is 393 g/mol. The van der Waals surface area contributed by atoms with E-state index in [0.717, 1.165) is 0 Å². The molecule has 152 valence electrons. The number of fused-ring (bicyclic) bond motifs is 1. The van der Waals surface area contributed by atoms with Gasteiger partial charge in [0.25, 0.3) is 5.88 Å². The molecule has 1 aromatic heterocycles. The molecule has 0 bridgehead atoms. The SMILES string of the molecule is COc1cc(CCC(=O)Oc2ccc3c(c2)O/C(=C\c2cccc(F)c2)C3=O)on1. The van der Waals surface area contributed by atoms with Crippen LogP contribution in [0.4, 0.5) is 4.39 Å². The molecule has 0 spiro atoms. The zero-order valence-electron chi connectivity index (χ0n) is 15.9. The van der Waals surface area contributed by atoms with Crippen molar-refractivity contribution in [3.8, 4) is 17.4 Å². The Hall–Kier alpha value is -3.94. The van der Waals surface area contributed by atoms with Crippen LogP contribution in [0.1, 0.15) is 28.1 Å². The molecule has 3 aromatic rings. The van der Waals surface area contributed by atoms with Gasteiger partial charge in [0.2, 0.25) is 5.78 Å². The number of ketones is 1. The largest absolute Gasteiger partial charge is 0.479 e. The van der Waals surface area contributed by atoms with E-state index in [1.165, 1.54) is 43.5 Å². The summed E-state index contributed by atoms with van der Waals surface area (Å²) in [5.41, 5.74) is 0.841. The van der Waals surface area contributed by atoms with Crippen LogP contribution in [-0.4, -0.2) is 24.0 Å². The van der Waals surface area contributed by atoms with Gasteiger partial charge in [-0.1, -0.05) is 12.1 Å². The highest BCUT2D eigenvalue weighted by Crippen LogP contribution is 2.35. The van der Waals surface area contributed by atoms with Crippen molar-refractivity contribution in [3.63, 3.8) is 0 Å². The Morgan fingerprint density at radius 2 is 2.07 bits per heavy atom. The van der Waals surface area contributed by atoms with Gasteiger partial charge in [0.1, 0.15) is 23.1 Å². The summed E-state index contributed by atoms with van der Waals surface area (Å²) in [6, 6.07) is 11.9. The maximum absolute atomic E-state index is 13.3. The number of methoxy groups -OCH3 is 1. The van der Waals surface area contributed by atoms with Crippen LogP contribution in [0, 0.1) is 5.82 Å². The van der Waals surface area contributed by atoms with Crippen LogP contribution in [0.5, 0.6) is 17.4 Å². The number of esters is 1. The Labute approximate surface area is 170 Å². The second-order valence-electron chi connectivity index (χ2n) is 6.46. The highest BCUT2D eigenvalue weighted by atomic mass is 19.1. The van der Waals surface area contributed by atoms with Gasteiger partial charge < -0.3 is 18.7 Å². The number of aromatic nitrogens is 1. The highest BCUT2D eigenvalue weighted by Gasteiger charge is 2.28. The zero-order valence-corrected chi connectivity index (χ0v) is 15.9. The normalized spacial score (nSPS) is 13.8. The number of carbonyl (C=O) groups excluding carboxylic acids is 2. The van der Waals surface area contributed by atoms with Gasteiger partial charge in [0.15, 0.2) is 5.76 Å². The summed E-state index contributed by atoms with van der Waals surface area (Å²) >= 11 is 0. The van der Waals surface area contributed by atoms with E-state index in [4.69, 9.17) is 18.7 Å². The third kappa shape index (κ3) is 4.22. The molecule has 1 aliphatic heterocycles. The van der Waals surface area contributed by atoms with Gasteiger partial charge in [-0.2, -0.15) is 0 Å². The predicted molar refractivity (Wildman–Crippen MR) is 103 cm³/mol. The number of rotatable bonds is 6. The summed E-state index contributed by atoms with van der Waals surface area (Å²) in [5.74, 6) is 0.196. The van der Waals surface area contributed by atoms with E-state index < -0.39 is 11.8 Å². The maximum Gasteiger partial charge on any atom is 0.311 e. The van der Waals surface area contributed by atoms with E-state index in [1.807, 2.05) is 0 Å². The fourth-order valence-corrected chi connectivity index (χ4v) is 2.89. The van der Waals surface area contributed by atoms with E-state index in [9.17, 15) is 14.0 Å². The average Bonchev–Trinajstić information content (AvgIpc) is 3.31. The minimum Gasteiger partial charge on any atom is -0.479 e. The third-order valence-corrected chi connectivity index (χ3v) is 4.34. The van der Waals surface area contributed by atoms with Gasteiger partial charge in [-0.05, 0) is 41.1 Å². The van der Waals surface area contributed by atoms with Crippen LogP contribution in [0.3, 0.4) is 0 Å². The number of benzene rings is 2. The molecule has 8 heteroatoms. The van der Waals surface area contributed by atoms with Crippen molar-refractivity contribution in [1.82, 2.24) is 5.16 Å². The van der Waals surface area contributed by atoms with E-state index in [-0.39, 0.29) is 29.5 Å². The number of ether oxygens (including phenoxy) is 3. The quantitative estimate of drug-likeness (QED) is 0.346. The van der Waals surface area contributed by atoms with Crippen molar-refractivity contribution in [1.29, 1.82) is 0 Å². The van der Waals surface area contributed by atoms with Gasteiger partial charge in [-0.15, -0.1) is 0 Å². The predicted octanol–water partition coefficient (Wildman–Crippen LogP) is 3.98. The van der Waals surface area contributed by atoms with Crippen LogP contribution in [-0.2, 0) is 11.2 Å². The molecule has 0 saturated heterocycles. The number of hydrogen-bond donors (Lipinski definition) is 0. The zero-order chi connectivity index (χ0) is 21.1. The van der Waals surface area contributed by atoms with E-state index >= 15 is 0 Å². The molecule has 4 rings (SSSR count). The van der Waals surface area contributed by atoms with Crippen LogP contribution in [0.2, 0.25) is 0 Å². The van der Waals surface area contributed by atoms with E-state index in [2.05, 4.69) is 5.16 Å². The fourth-order valence-electron chi connectivity index (χ4n) is 2.89. The lowest BCUT2D eigenvalue weighted by atomic mass is 10.1. The number of nitrogens with zero attached hydrogens (tertiary/aromatic N) is 1. The molecule has 0 unspecified atom stereocenters. The molecule has 30 heavy (non-hydrogen) atoms. The van der Waals surface area contributed by atoms with Crippen LogP contribution in [0.15, 0.2) is 58.8 Å². The van der Waals surface area contributed by atoms with Crippen molar-refractivity contribution in [2.24, 2.45) is 0 Å². The fraction of sp³-hybridized carbons (Fsp3) is 0.136. The Kier molecular flexibility index (Phi) is 5.30. The Bertz CT molecular complexity index is 1150. The summed E-state index contributed by atoms with van der Waals surface area (Å²) in [4.78, 5) is 24.6. The molecule has 0 fully saturated rings. The maximum atomic E-state index is 13.3. The molecule has 0 amide bonds. The van der Waals surface area contributed by atoms with Gasteiger partial charge in [-0.3, -0.25) is 9.59 Å². The number of carbonyl (C=O) groups is 2. The molecule has 7 nitrogen and oxygen atoms in total. The minimum absolute atomic E-state index is 0.0679. The third-order valence-electron chi connectivity index (χ3n) is 4.34. The molecule has 0 radical (unpaired) electrons. The molecule has 0 saturated carbocycles. The Morgan fingerprint density at radius 1 is 1.20 bits per heavy atom. The number of allylic oxidation sites excluding steroid dienone is 1. The second kappa shape index (κ2) is 8.20. The molecule has 0 atom stereocenters. The molecule has 0 N–H and O–H groups in total. The lowest BCUT2D eigenvalue weighted by Crippen LogP contribution is -2.08. The lowest BCUT2D eigenvalue weighted by molar-refractivity contribution is -0.134. The van der Waals surface area contributed by atoms with E-state index in [0.29, 0.717) is 29.2 Å². The molecule has 2 heterocycles. The number of hydrogen-bond acceptors (Lipinski definition) is 7. The van der Waals surface area contributed by atoms with Crippen LogP contribution < -0.4 is 14.2 Å². The Balaban J connectivity index is 1.41. The minimum atomic E-state index is -0.481. The number of aryl methyl sites for hydroxylation is 1.